The number of amides is 2. The molecule has 0 aliphatic carbocycles. The van der Waals surface area contributed by atoms with Crippen LogP contribution in [0.25, 0.3) is 0 Å². The molecule has 2 amide bonds. The molecule has 16 heavy (non-hydrogen) atoms. The Morgan fingerprint density at radius 2 is 2.00 bits per heavy atom. The maximum absolute atomic E-state index is 11.0. The number of nitrogens with one attached hydrogen (secondary N) is 2. The third-order valence-electron chi connectivity index (χ3n) is 1.60. The molecule has 0 radical (unpaired) electrons. The van der Waals surface area contributed by atoms with E-state index < -0.39 is 12.0 Å². The summed E-state index contributed by atoms with van der Waals surface area (Å²) >= 11 is 0. The average molecular weight is 232 g/mol. The second-order valence-corrected chi connectivity index (χ2v) is 3.83. The molecule has 0 heterocycles. The van der Waals surface area contributed by atoms with Gasteiger partial charge < -0.3 is 20.5 Å². The van der Waals surface area contributed by atoms with Gasteiger partial charge in [0, 0.05) is 19.8 Å². The first-order valence-corrected chi connectivity index (χ1v) is 5.33. The number of rotatable bonds is 8. The highest BCUT2D eigenvalue weighted by Crippen LogP contribution is 1.92. The summed E-state index contributed by atoms with van der Waals surface area (Å²) in [6.07, 6.45) is 0.715. The first-order chi connectivity index (χ1) is 7.52. The maximum atomic E-state index is 11.0. The highest BCUT2D eigenvalue weighted by atomic mass is 16.5. The SMILES string of the molecule is CC(C)COCCCNC(=O)NCC(=O)O. The number of carbonyl (C=O) groups is 2. The van der Waals surface area contributed by atoms with E-state index in [4.69, 9.17) is 9.84 Å². The number of aliphatic carboxylic acids is 1. The van der Waals surface area contributed by atoms with Crippen molar-refractivity contribution >= 4 is 12.0 Å². The summed E-state index contributed by atoms with van der Waals surface area (Å²) < 4.78 is 5.31. The quantitative estimate of drug-likeness (QED) is 0.530. The Balaban J connectivity index is 3.24. The number of hydrogen-bond acceptors (Lipinski definition) is 3. The van der Waals surface area contributed by atoms with E-state index in [2.05, 4.69) is 24.5 Å². The summed E-state index contributed by atoms with van der Waals surface area (Å²) in [5.41, 5.74) is 0. The zero-order chi connectivity index (χ0) is 12.4. The number of hydrogen-bond donors (Lipinski definition) is 3. The molecule has 0 aromatic carbocycles. The van der Waals surface area contributed by atoms with Gasteiger partial charge in [-0.3, -0.25) is 4.79 Å². The largest absolute Gasteiger partial charge is 0.480 e. The van der Waals surface area contributed by atoms with E-state index in [0.717, 1.165) is 0 Å². The van der Waals surface area contributed by atoms with Crippen LogP contribution in [0.4, 0.5) is 4.79 Å². The lowest BCUT2D eigenvalue weighted by atomic mass is 10.2. The van der Waals surface area contributed by atoms with Crippen LogP contribution < -0.4 is 10.6 Å². The molecular formula is C10H20N2O4. The van der Waals surface area contributed by atoms with Crippen molar-refractivity contribution in [1.82, 2.24) is 10.6 Å². The zero-order valence-corrected chi connectivity index (χ0v) is 9.78. The van der Waals surface area contributed by atoms with Crippen molar-refractivity contribution in [2.24, 2.45) is 5.92 Å². The van der Waals surface area contributed by atoms with Crippen molar-refractivity contribution in [3.63, 3.8) is 0 Å². The van der Waals surface area contributed by atoms with E-state index in [1.807, 2.05) is 0 Å². The van der Waals surface area contributed by atoms with Gasteiger partial charge in [0.05, 0.1) is 0 Å². The van der Waals surface area contributed by atoms with Gasteiger partial charge in [0.2, 0.25) is 0 Å². The van der Waals surface area contributed by atoms with Crippen molar-refractivity contribution in [2.45, 2.75) is 20.3 Å². The van der Waals surface area contributed by atoms with E-state index in [1.165, 1.54) is 0 Å². The minimum absolute atomic E-state index is 0.365. The molecule has 0 atom stereocenters. The standard InChI is InChI=1S/C10H20N2O4/c1-8(2)7-16-5-3-4-11-10(15)12-6-9(13)14/h8H,3-7H2,1-2H3,(H,13,14)(H2,11,12,15). The van der Waals surface area contributed by atoms with Crippen molar-refractivity contribution in [3.8, 4) is 0 Å². The molecule has 0 unspecified atom stereocenters. The Bertz CT molecular complexity index is 219. The van der Waals surface area contributed by atoms with Crippen LogP contribution in [0.1, 0.15) is 20.3 Å². The van der Waals surface area contributed by atoms with Gasteiger partial charge in [-0.2, -0.15) is 0 Å². The summed E-state index contributed by atoms with van der Waals surface area (Å²) in [5, 5.41) is 13.0. The first-order valence-electron chi connectivity index (χ1n) is 5.33. The minimum atomic E-state index is -1.06. The van der Waals surface area contributed by atoms with Crippen molar-refractivity contribution in [3.05, 3.63) is 0 Å². The smallest absolute Gasteiger partial charge is 0.323 e. The second kappa shape index (κ2) is 8.96. The molecule has 0 aromatic heterocycles. The molecule has 0 saturated heterocycles. The molecule has 0 rings (SSSR count). The highest BCUT2D eigenvalue weighted by molar-refractivity contribution is 5.79. The van der Waals surface area contributed by atoms with Gasteiger partial charge in [0.1, 0.15) is 6.54 Å². The molecule has 6 heteroatoms. The molecular weight excluding hydrogens is 212 g/mol. The van der Waals surface area contributed by atoms with E-state index in [0.29, 0.717) is 32.1 Å². The van der Waals surface area contributed by atoms with Crippen LogP contribution in [0.5, 0.6) is 0 Å². The van der Waals surface area contributed by atoms with Crippen molar-refractivity contribution in [2.75, 3.05) is 26.3 Å². The lowest BCUT2D eigenvalue weighted by Gasteiger charge is -2.07. The minimum Gasteiger partial charge on any atom is -0.480 e. The maximum Gasteiger partial charge on any atom is 0.323 e. The fourth-order valence-electron chi connectivity index (χ4n) is 0.914. The molecule has 3 N–H and O–H groups in total. The number of carboxylic acids is 1. The molecule has 0 aliphatic heterocycles. The van der Waals surface area contributed by atoms with Gasteiger partial charge in [-0.15, -0.1) is 0 Å². The summed E-state index contributed by atoms with van der Waals surface area (Å²) in [7, 11) is 0. The van der Waals surface area contributed by atoms with Gasteiger partial charge in [-0.05, 0) is 12.3 Å². The van der Waals surface area contributed by atoms with Gasteiger partial charge in [0.15, 0.2) is 0 Å². The summed E-state index contributed by atoms with van der Waals surface area (Å²) in [6.45, 7) is 5.55. The average Bonchev–Trinajstić information content (AvgIpc) is 2.19. The lowest BCUT2D eigenvalue weighted by Crippen LogP contribution is -2.39. The number of urea groups is 1. The Morgan fingerprint density at radius 3 is 2.56 bits per heavy atom. The molecule has 0 spiro atoms. The normalized spacial score (nSPS) is 10.2. The van der Waals surface area contributed by atoms with Crippen LogP contribution in [0.3, 0.4) is 0 Å². The van der Waals surface area contributed by atoms with E-state index in [-0.39, 0.29) is 6.54 Å². The van der Waals surface area contributed by atoms with E-state index >= 15 is 0 Å². The second-order valence-electron chi connectivity index (χ2n) is 3.83. The topological polar surface area (TPSA) is 87.7 Å². The molecule has 94 valence electrons. The van der Waals surface area contributed by atoms with Crippen LogP contribution in [0.2, 0.25) is 0 Å². The van der Waals surface area contributed by atoms with Crippen LogP contribution in [-0.4, -0.2) is 43.4 Å². The Kier molecular flexibility index (Phi) is 8.24. The third-order valence-corrected chi connectivity index (χ3v) is 1.60. The molecule has 6 nitrogen and oxygen atoms in total. The first kappa shape index (κ1) is 14.7. The van der Waals surface area contributed by atoms with Gasteiger partial charge in [0.25, 0.3) is 0 Å². The van der Waals surface area contributed by atoms with Crippen LogP contribution in [0.15, 0.2) is 0 Å². The summed E-state index contributed by atoms with van der Waals surface area (Å²) in [5.74, 6) is -0.553. The third kappa shape index (κ3) is 10.8. The Morgan fingerprint density at radius 1 is 1.31 bits per heavy atom. The molecule has 0 fully saturated rings. The lowest BCUT2D eigenvalue weighted by molar-refractivity contribution is -0.135. The number of carboxylic acid groups (broad SMARTS) is 1. The van der Waals surface area contributed by atoms with Crippen LogP contribution in [-0.2, 0) is 9.53 Å². The predicted octanol–water partition coefficient (Wildman–Crippen LogP) is 0.433. The summed E-state index contributed by atoms with van der Waals surface area (Å²) in [6, 6.07) is -0.466. The van der Waals surface area contributed by atoms with Gasteiger partial charge in [-0.25, -0.2) is 4.79 Å². The van der Waals surface area contributed by atoms with E-state index in [1.54, 1.807) is 0 Å². The van der Waals surface area contributed by atoms with Crippen molar-refractivity contribution in [1.29, 1.82) is 0 Å². The predicted molar refractivity (Wildman–Crippen MR) is 59.3 cm³/mol. The highest BCUT2D eigenvalue weighted by Gasteiger charge is 2.01. The fraction of sp³-hybridized carbons (Fsp3) is 0.800. The number of carbonyl (C=O) groups excluding carboxylic acids is 1. The Hall–Kier alpha value is -1.30. The molecule has 0 aliphatic rings. The monoisotopic (exact) mass is 232 g/mol. The van der Waals surface area contributed by atoms with Crippen molar-refractivity contribution < 1.29 is 19.4 Å². The fourth-order valence-corrected chi connectivity index (χ4v) is 0.914. The van der Waals surface area contributed by atoms with Gasteiger partial charge in [-0.1, -0.05) is 13.8 Å². The van der Waals surface area contributed by atoms with Gasteiger partial charge >= 0.3 is 12.0 Å². The molecule has 0 saturated carbocycles. The molecule has 0 aromatic rings. The zero-order valence-electron chi connectivity index (χ0n) is 9.78. The summed E-state index contributed by atoms with van der Waals surface area (Å²) in [4.78, 5) is 21.1. The number of ether oxygens (including phenoxy) is 1. The Labute approximate surface area is 95.4 Å². The van der Waals surface area contributed by atoms with Crippen LogP contribution in [0, 0.1) is 5.92 Å². The van der Waals surface area contributed by atoms with E-state index in [9.17, 15) is 9.59 Å². The van der Waals surface area contributed by atoms with Crippen LogP contribution >= 0.6 is 0 Å². The molecule has 0 bridgehead atoms.